The van der Waals surface area contributed by atoms with Crippen LogP contribution in [0.2, 0.25) is 0 Å². The van der Waals surface area contributed by atoms with Gasteiger partial charge in [0.25, 0.3) is 0 Å². The van der Waals surface area contributed by atoms with Gasteiger partial charge in [0.1, 0.15) is 0 Å². The Morgan fingerprint density at radius 3 is 2.95 bits per heavy atom. The summed E-state index contributed by atoms with van der Waals surface area (Å²) in [5.74, 6) is 0.526. The van der Waals surface area contributed by atoms with Crippen molar-refractivity contribution in [2.75, 3.05) is 38.2 Å². The zero-order chi connectivity index (χ0) is 14.3. The van der Waals surface area contributed by atoms with Gasteiger partial charge < -0.3 is 15.0 Å². The number of carbonyl (C=O) groups is 1. The second-order valence-corrected chi connectivity index (χ2v) is 6.58. The zero-order valence-corrected chi connectivity index (χ0v) is 12.3. The SMILES string of the molecule is O=C(C1CCOCC1)N1CCC2(CNc3ccccc32)C1. The molecule has 4 rings (SSSR count). The van der Waals surface area contributed by atoms with Crippen molar-refractivity contribution < 1.29 is 9.53 Å². The Labute approximate surface area is 125 Å². The highest BCUT2D eigenvalue weighted by molar-refractivity contribution is 5.80. The van der Waals surface area contributed by atoms with E-state index in [4.69, 9.17) is 4.74 Å². The molecule has 21 heavy (non-hydrogen) atoms. The summed E-state index contributed by atoms with van der Waals surface area (Å²) in [6.45, 7) is 4.20. The number of rotatable bonds is 1. The summed E-state index contributed by atoms with van der Waals surface area (Å²) in [5.41, 5.74) is 2.78. The number of benzene rings is 1. The molecule has 3 aliphatic rings. The lowest BCUT2D eigenvalue weighted by Gasteiger charge is -2.28. The molecule has 1 unspecified atom stereocenters. The number of hydrogen-bond donors (Lipinski definition) is 1. The van der Waals surface area contributed by atoms with Crippen molar-refractivity contribution in [2.45, 2.75) is 24.7 Å². The van der Waals surface area contributed by atoms with Crippen LogP contribution in [0, 0.1) is 5.92 Å². The Bertz CT molecular complexity index is 553. The van der Waals surface area contributed by atoms with Crippen molar-refractivity contribution in [3.63, 3.8) is 0 Å². The van der Waals surface area contributed by atoms with Crippen LogP contribution in [0.5, 0.6) is 0 Å². The highest BCUT2D eigenvalue weighted by atomic mass is 16.5. The van der Waals surface area contributed by atoms with Crippen molar-refractivity contribution in [1.82, 2.24) is 4.90 Å². The van der Waals surface area contributed by atoms with Gasteiger partial charge in [0.2, 0.25) is 5.91 Å². The quantitative estimate of drug-likeness (QED) is 0.858. The molecule has 1 atom stereocenters. The maximum atomic E-state index is 12.7. The molecular formula is C17H22N2O2. The number of hydrogen-bond acceptors (Lipinski definition) is 3. The molecule has 4 heteroatoms. The maximum Gasteiger partial charge on any atom is 0.225 e. The number of anilines is 1. The average Bonchev–Trinajstić information content (AvgIpc) is 3.14. The number of nitrogens with zero attached hydrogens (tertiary/aromatic N) is 1. The Kier molecular flexibility index (Phi) is 3.14. The summed E-state index contributed by atoms with van der Waals surface area (Å²) in [6, 6.07) is 8.55. The molecule has 0 aliphatic carbocycles. The van der Waals surface area contributed by atoms with Crippen LogP contribution in [-0.2, 0) is 14.9 Å². The molecule has 1 aromatic carbocycles. The molecule has 3 heterocycles. The smallest absolute Gasteiger partial charge is 0.225 e. The average molecular weight is 286 g/mol. The first-order valence-electron chi connectivity index (χ1n) is 7.98. The van der Waals surface area contributed by atoms with E-state index < -0.39 is 0 Å². The third-order valence-electron chi connectivity index (χ3n) is 5.35. The molecule has 1 amide bonds. The second-order valence-electron chi connectivity index (χ2n) is 6.58. The minimum absolute atomic E-state index is 0.136. The Morgan fingerprint density at radius 2 is 2.10 bits per heavy atom. The number of likely N-dealkylation sites (tertiary alicyclic amines) is 1. The predicted octanol–water partition coefficient (Wildman–Crippen LogP) is 2.01. The van der Waals surface area contributed by atoms with Gasteiger partial charge in [-0.15, -0.1) is 0 Å². The zero-order valence-electron chi connectivity index (χ0n) is 12.3. The molecule has 0 saturated carbocycles. The van der Waals surface area contributed by atoms with Crippen molar-refractivity contribution in [2.24, 2.45) is 5.92 Å². The summed E-state index contributed by atoms with van der Waals surface area (Å²) in [7, 11) is 0. The number of carbonyl (C=O) groups excluding carboxylic acids is 1. The van der Waals surface area contributed by atoms with Crippen LogP contribution in [0.15, 0.2) is 24.3 Å². The molecule has 2 saturated heterocycles. The number of fused-ring (bicyclic) bond motifs is 2. The van der Waals surface area contributed by atoms with Gasteiger partial charge in [-0.25, -0.2) is 0 Å². The topological polar surface area (TPSA) is 41.6 Å². The fourth-order valence-electron chi connectivity index (χ4n) is 4.09. The van der Waals surface area contributed by atoms with Gasteiger partial charge in [-0.05, 0) is 30.9 Å². The van der Waals surface area contributed by atoms with E-state index in [2.05, 4.69) is 34.5 Å². The van der Waals surface area contributed by atoms with Crippen LogP contribution in [0.3, 0.4) is 0 Å². The van der Waals surface area contributed by atoms with Gasteiger partial charge in [0.15, 0.2) is 0 Å². The summed E-state index contributed by atoms with van der Waals surface area (Å²) < 4.78 is 5.37. The number of ether oxygens (including phenoxy) is 1. The molecule has 2 fully saturated rings. The third-order valence-corrected chi connectivity index (χ3v) is 5.35. The summed E-state index contributed by atoms with van der Waals surface area (Å²) in [5, 5.41) is 3.51. The second kappa shape index (κ2) is 5.02. The first kappa shape index (κ1) is 13.1. The maximum absolute atomic E-state index is 12.7. The molecule has 1 N–H and O–H groups in total. The van der Waals surface area contributed by atoms with Crippen molar-refractivity contribution in [3.05, 3.63) is 29.8 Å². The molecule has 3 aliphatic heterocycles. The van der Waals surface area contributed by atoms with E-state index in [0.29, 0.717) is 5.91 Å². The monoisotopic (exact) mass is 286 g/mol. The summed E-state index contributed by atoms with van der Waals surface area (Å²) >= 11 is 0. The lowest BCUT2D eigenvalue weighted by Crippen LogP contribution is -2.40. The molecule has 1 spiro atoms. The highest BCUT2D eigenvalue weighted by Crippen LogP contribution is 2.43. The number of para-hydroxylation sites is 1. The highest BCUT2D eigenvalue weighted by Gasteiger charge is 2.46. The van der Waals surface area contributed by atoms with E-state index in [1.807, 2.05) is 0 Å². The van der Waals surface area contributed by atoms with Crippen molar-refractivity contribution in [3.8, 4) is 0 Å². The Morgan fingerprint density at radius 1 is 1.29 bits per heavy atom. The Balaban J connectivity index is 1.51. The minimum Gasteiger partial charge on any atom is -0.384 e. The van der Waals surface area contributed by atoms with Crippen LogP contribution in [0.1, 0.15) is 24.8 Å². The van der Waals surface area contributed by atoms with E-state index >= 15 is 0 Å². The van der Waals surface area contributed by atoms with Crippen LogP contribution >= 0.6 is 0 Å². The van der Waals surface area contributed by atoms with E-state index in [1.165, 1.54) is 11.3 Å². The molecule has 112 valence electrons. The molecule has 0 bridgehead atoms. The standard InChI is InChI=1S/C17H22N2O2/c20-16(13-5-9-21-10-6-13)19-8-7-17(12-19)11-18-15-4-2-1-3-14(15)17/h1-4,13,18H,5-12H2. The number of amides is 1. The van der Waals surface area contributed by atoms with E-state index in [0.717, 1.165) is 52.1 Å². The van der Waals surface area contributed by atoms with E-state index in [1.54, 1.807) is 0 Å². The van der Waals surface area contributed by atoms with Gasteiger partial charge in [-0.2, -0.15) is 0 Å². The van der Waals surface area contributed by atoms with Gasteiger partial charge in [0, 0.05) is 49.9 Å². The lowest BCUT2D eigenvalue weighted by molar-refractivity contribution is -0.137. The fraction of sp³-hybridized carbons (Fsp3) is 0.588. The molecule has 0 radical (unpaired) electrons. The fourth-order valence-corrected chi connectivity index (χ4v) is 4.09. The van der Waals surface area contributed by atoms with Gasteiger partial charge in [0.05, 0.1) is 0 Å². The van der Waals surface area contributed by atoms with E-state index in [-0.39, 0.29) is 11.3 Å². The molecule has 1 aromatic rings. The summed E-state index contributed by atoms with van der Waals surface area (Å²) in [6.07, 6.45) is 2.85. The first-order valence-corrected chi connectivity index (χ1v) is 7.98. The summed E-state index contributed by atoms with van der Waals surface area (Å²) in [4.78, 5) is 14.8. The molecule has 0 aromatic heterocycles. The van der Waals surface area contributed by atoms with Gasteiger partial charge in [-0.1, -0.05) is 18.2 Å². The minimum atomic E-state index is 0.136. The van der Waals surface area contributed by atoms with Crippen molar-refractivity contribution in [1.29, 1.82) is 0 Å². The van der Waals surface area contributed by atoms with Crippen LogP contribution in [0.25, 0.3) is 0 Å². The van der Waals surface area contributed by atoms with Gasteiger partial charge >= 0.3 is 0 Å². The first-order chi connectivity index (χ1) is 10.3. The largest absolute Gasteiger partial charge is 0.384 e. The van der Waals surface area contributed by atoms with Crippen molar-refractivity contribution >= 4 is 11.6 Å². The van der Waals surface area contributed by atoms with Crippen LogP contribution < -0.4 is 5.32 Å². The lowest BCUT2D eigenvalue weighted by atomic mass is 9.81. The van der Waals surface area contributed by atoms with E-state index in [9.17, 15) is 4.79 Å². The van der Waals surface area contributed by atoms with Crippen LogP contribution in [0.4, 0.5) is 5.69 Å². The molecule has 4 nitrogen and oxygen atoms in total. The number of nitrogens with one attached hydrogen (secondary N) is 1. The normalized spacial score (nSPS) is 28.7. The predicted molar refractivity (Wildman–Crippen MR) is 81.3 cm³/mol. The Hall–Kier alpha value is -1.55. The molecular weight excluding hydrogens is 264 g/mol. The van der Waals surface area contributed by atoms with Gasteiger partial charge in [-0.3, -0.25) is 4.79 Å². The third kappa shape index (κ3) is 2.13. The van der Waals surface area contributed by atoms with Crippen LogP contribution in [-0.4, -0.2) is 43.7 Å².